The molecule has 2 bridgehead atoms. The van der Waals surface area contributed by atoms with Crippen molar-refractivity contribution in [1.29, 1.82) is 0 Å². The van der Waals surface area contributed by atoms with E-state index in [-0.39, 0.29) is 35.0 Å². The lowest BCUT2D eigenvalue weighted by Gasteiger charge is -2.37. The number of carbonyl (C=O) groups is 4. The molecule has 3 aliphatic rings. The van der Waals surface area contributed by atoms with Gasteiger partial charge in [0.25, 0.3) is 5.91 Å². The Kier molecular flexibility index (Phi) is 12.0. The Balaban J connectivity index is 2.09. The van der Waals surface area contributed by atoms with Crippen LogP contribution in [0.15, 0.2) is 58.5 Å². The lowest BCUT2D eigenvalue weighted by Crippen LogP contribution is -2.43. The van der Waals surface area contributed by atoms with E-state index in [4.69, 9.17) is 19.9 Å². The van der Waals surface area contributed by atoms with E-state index in [0.717, 1.165) is 6.42 Å². The van der Waals surface area contributed by atoms with Gasteiger partial charge < -0.3 is 40.4 Å². The summed E-state index contributed by atoms with van der Waals surface area (Å²) in [5.41, 5.74) is 6.37. The van der Waals surface area contributed by atoms with E-state index >= 15 is 0 Å². The SMILES string of the molecule is CO[C@H]1/C=C\C=C(/C)C(=O)NC2=CC(=O)C(N3CCC3)=C(C[C@H](C)C[C@H](OC)[C@H](O)[C@@H](C)/C=C(\CO)[C@@H]1OC(N)=O)C2=O. The summed E-state index contributed by atoms with van der Waals surface area (Å²) in [6, 6.07) is 0. The van der Waals surface area contributed by atoms with Crippen LogP contribution in [0.1, 0.15) is 40.0 Å². The maximum atomic E-state index is 13.7. The molecule has 2 amide bonds. The maximum Gasteiger partial charge on any atom is 0.405 e. The molecule has 12 nitrogen and oxygen atoms in total. The molecule has 0 spiro atoms. The van der Waals surface area contributed by atoms with E-state index in [1.807, 2.05) is 11.8 Å². The molecule has 12 heteroatoms. The predicted octanol–water partition coefficient (Wildman–Crippen LogP) is 1.44. The number of aliphatic hydroxyl groups is 2. The fraction of sp³-hybridized carbons (Fsp3) is 0.548. The van der Waals surface area contributed by atoms with Crippen LogP contribution in [0.25, 0.3) is 0 Å². The summed E-state index contributed by atoms with van der Waals surface area (Å²) in [6.45, 7) is 5.97. The largest absolute Gasteiger partial charge is 0.439 e. The molecule has 3 rings (SSSR count). The predicted molar refractivity (Wildman–Crippen MR) is 157 cm³/mol. The van der Waals surface area contributed by atoms with Crippen molar-refractivity contribution in [2.75, 3.05) is 33.9 Å². The molecule has 1 saturated heterocycles. The molecular weight excluding hydrogens is 558 g/mol. The monoisotopic (exact) mass is 601 g/mol. The molecule has 0 aromatic heterocycles. The van der Waals surface area contributed by atoms with Gasteiger partial charge in [0.15, 0.2) is 6.10 Å². The van der Waals surface area contributed by atoms with Crippen LogP contribution in [-0.4, -0.2) is 97.0 Å². The average Bonchev–Trinajstić information content (AvgIpc) is 2.93. The topological polar surface area (TPSA) is 178 Å². The summed E-state index contributed by atoms with van der Waals surface area (Å²) < 4.78 is 16.5. The number of rotatable bonds is 5. The van der Waals surface area contributed by atoms with Crippen LogP contribution in [0.2, 0.25) is 0 Å². The third-order valence-corrected chi connectivity index (χ3v) is 7.99. The summed E-state index contributed by atoms with van der Waals surface area (Å²) >= 11 is 0. The Morgan fingerprint density at radius 3 is 2.42 bits per heavy atom. The van der Waals surface area contributed by atoms with Crippen LogP contribution >= 0.6 is 0 Å². The van der Waals surface area contributed by atoms with Gasteiger partial charge in [0.05, 0.1) is 30.2 Å². The summed E-state index contributed by atoms with van der Waals surface area (Å²) in [4.78, 5) is 53.6. The number of allylic oxidation sites excluding steroid dienone is 4. The van der Waals surface area contributed by atoms with Crippen molar-refractivity contribution in [3.8, 4) is 0 Å². The molecular formula is C31H43N3O9. The first-order chi connectivity index (χ1) is 20.4. The molecule has 236 valence electrons. The summed E-state index contributed by atoms with van der Waals surface area (Å²) in [5.74, 6) is -2.13. The van der Waals surface area contributed by atoms with E-state index in [9.17, 15) is 29.4 Å². The molecule has 43 heavy (non-hydrogen) atoms. The number of nitrogens with zero attached hydrogens (tertiary/aromatic N) is 1. The van der Waals surface area contributed by atoms with Crippen molar-refractivity contribution in [2.24, 2.45) is 17.6 Å². The Labute approximate surface area is 251 Å². The van der Waals surface area contributed by atoms with Crippen molar-refractivity contribution in [2.45, 2.75) is 64.4 Å². The minimum atomic E-state index is -1.14. The fourth-order valence-electron chi connectivity index (χ4n) is 5.46. The van der Waals surface area contributed by atoms with Crippen molar-refractivity contribution in [3.05, 3.63) is 58.5 Å². The van der Waals surface area contributed by atoms with Crippen LogP contribution in [0.4, 0.5) is 4.79 Å². The number of hydrogen-bond donors (Lipinski definition) is 4. The maximum absolute atomic E-state index is 13.7. The van der Waals surface area contributed by atoms with Gasteiger partial charge in [-0.15, -0.1) is 0 Å². The number of amides is 2. The highest BCUT2D eigenvalue weighted by Crippen LogP contribution is 2.32. The highest BCUT2D eigenvalue weighted by molar-refractivity contribution is 6.23. The van der Waals surface area contributed by atoms with Crippen LogP contribution in [-0.2, 0) is 28.6 Å². The third kappa shape index (κ3) is 8.29. The number of nitrogens with two attached hydrogens (primary N) is 1. The zero-order valence-electron chi connectivity index (χ0n) is 25.4. The highest BCUT2D eigenvalue weighted by atomic mass is 16.6. The fourth-order valence-corrected chi connectivity index (χ4v) is 5.46. The molecule has 0 aromatic rings. The van der Waals surface area contributed by atoms with Crippen molar-refractivity contribution >= 4 is 23.6 Å². The second-order valence-corrected chi connectivity index (χ2v) is 11.2. The van der Waals surface area contributed by atoms with E-state index in [1.54, 1.807) is 13.0 Å². The van der Waals surface area contributed by atoms with E-state index < -0.39 is 54.7 Å². The standard InChI is InChI=1S/C31H43N3O9/c1-17-12-21-26(34-10-7-11-34)23(36)15-22(28(21)38)33-30(39)18(2)8-6-9-24(41-4)29(43-31(32)40)20(16-35)14-19(3)27(37)25(13-17)42-5/h6,8-9,14-15,17,19,24-25,27,29,35,37H,7,10-13,16H2,1-5H3,(H2,32,40)(H,33,39)/b9-6-,18-8+,20-14+/t17-,19-,24-,25-,27+,29-/m0/s1. The van der Waals surface area contributed by atoms with E-state index in [0.29, 0.717) is 30.8 Å². The third-order valence-electron chi connectivity index (χ3n) is 7.99. The Morgan fingerprint density at radius 2 is 1.86 bits per heavy atom. The summed E-state index contributed by atoms with van der Waals surface area (Å²) in [7, 11) is 2.84. The van der Waals surface area contributed by atoms with Gasteiger partial charge in [0, 0.05) is 50.4 Å². The van der Waals surface area contributed by atoms with Gasteiger partial charge in [-0.3, -0.25) is 14.4 Å². The van der Waals surface area contributed by atoms with Gasteiger partial charge in [-0.2, -0.15) is 0 Å². The molecule has 2 heterocycles. The molecule has 2 aliphatic heterocycles. The van der Waals surface area contributed by atoms with Crippen LogP contribution in [0, 0.1) is 11.8 Å². The van der Waals surface area contributed by atoms with Gasteiger partial charge in [0.1, 0.15) is 6.10 Å². The molecule has 6 atom stereocenters. The molecule has 0 saturated carbocycles. The molecule has 0 unspecified atom stereocenters. The van der Waals surface area contributed by atoms with E-state index in [2.05, 4.69) is 5.32 Å². The smallest absolute Gasteiger partial charge is 0.405 e. The second kappa shape index (κ2) is 15.2. The van der Waals surface area contributed by atoms with Gasteiger partial charge in [-0.1, -0.05) is 38.2 Å². The lowest BCUT2D eigenvalue weighted by atomic mass is 9.84. The van der Waals surface area contributed by atoms with Gasteiger partial charge >= 0.3 is 6.09 Å². The number of nitrogens with one attached hydrogen (secondary N) is 1. The van der Waals surface area contributed by atoms with Gasteiger partial charge in [-0.25, -0.2) is 4.79 Å². The van der Waals surface area contributed by atoms with Gasteiger partial charge in [-0.05, 0) is 37.7 Å². The second-order valence-electron chi connectivity index (χ2n) is 11.2. The van der Waals surface area contributed by atoms with Crippen LogP contribution in [0.5, 0.6) is 0 Å². The minimum Gasteiger partial charge on any atom is -0.439 e. The number of ether oxygens (including phenoxy) is 3. The first-order valence-electron chi connectivity index (χ1n) is 14.4. The van der Waals surface area contributed by atoms with Crippen molar-refractivity contribution in [1.82, 2.24) is 10.2 Å². The Morgan fingerprint density at radius 1 is 1.16 bits per heavy atom. The molecule has 0 radical (unpaired) electrons. The Bertz CT molecular complexity index is 1240. The number of hydrogen-bond acceptors (Lipinski definition) is 10. The van der Waals surface area contributed by atoms with Gasteiger partial charge in [0.2, 0.25) is 11.6 Å². The van der Waals surface area contributed by atoms with Crippen molar-refractivity contribution < 1.29 is 43.6 Å². The average molecular weight is 602 g/mol. The number of Topliss-reactive ketones (excluding diaryl/α,β-unsaturated/α-hetero) is 1. The molecule has 0 aromatic carbocycles. The number of likely N-dealkylation sites (tertiary alicyclic amines) is 1. The minimum absolute atomic E-state index is 0.102. The van der Waals surface area contributed by atoms with Crippen molar-refractivity contribution in [3.63, 3.8) is 0 Å². The summed E-state index contributed by atoms with van der Waals surface area (Å²) in [5, 5.41) is 24.1. The highest BCUT2D eigenvalue weighted by Gasteiger charge is 2.36. The Hall–Kier alpha value is -3.58. The number of aliphatic hydroxyl groups excluding tert-OH is 2. The van der Waals surface area contributed by atoms with Crippen LogP contribution in [0.3, 0.4) is 0 Å². The summed E-state index contributed by atoms with van der Waals surface area (Å²) in [6.07, 6.45) is 3.83. The van der Waals surface area contributed by atoms with Crippen LogP contribution < -0.4 is 11.1 Å². The first-order valence-corrected chi connectivity index (χ1v) is 14.4. The molecule has 1 aliphatic carbocycles. The lowest BCUT2D eigenvalue weighted by molar-refractivity contribution is -0.120. The first kappa shape index (κ1) is 33.9. The quantitative estimate of drug-likeness (QED) is 0.266. The normalized spacial score (nSPS) is 33.0. The molecule has 5 N–H and O–H groups in total. The molecule has 1 fully saturated rings. The number of fused-ring (bicyclic) bond motifs is 2. The number of primary amides is 1. The van der Waals surface area contributed by atoms with E-state index in [1.165, 1.54) is 45.4 Å². The number of ketones is 2. The zero-order valence-corrected chi connectivity index (χ0v) is 25.4. The zero-order chi connectivity index (χ0) is 31.8. The number of carbonyl (C=O) groups excluding carboxylic acids is 4. The number of methoxy groups -OCH3 is 2.